The first-order valence-electron chi connectivity index (χ1n) is 10.7. The lowest BCUT2D eigenvalue weighted by Gasteiger charge is -2.34. The van der Waals surface area contributed by atoms with Crippen molar-refractivity contribution < 1.29 is 14.3 Å². The van der Waals surface area contributed by atoms with Crippen molar-refractivity contribution >= 4 is 46.1 Å². The van der Waals surface area contributed by atoms with Gasteiger partial charge >= 0.3 is 11.8 Å². The van der Waals surface area contributed by atoms with E-state index in [1.165, 1.54) is 23.0 Å². The van der Waals surface area contributed by atoms with E-state index < -0.39 is 11.2 Å². The third-order valence-corrected chi connectivity index (χ3v) is 7.33. The van der Waals surface area contributed by atoms with Gasteiger partial charge in [-0.25, -0.2) is 19.6 Å². The second-order valence-corrected chi connectivity index (χ2v) is 9.50. The molecule has 0 saturated carbocycles. The number of thioether (sulfide) groups is 1. The van der Waals surface area contributed by atoms with Gasteiger partial charge in [0.1, 0.15) is 10.4 Å². The molecule has 0 aliphatic carbocycles. The Balaban J connectivity index is 1.59. The van der Waals surface area contributed by atoms with Crippen molar-refractivity contribution in [3.05, 3.63) is 38.4 Å². The molecule has 0 aromatic carbocycles. The quantitative estimate of drug-likeness (QED) is 0.375. The number of piperazine rings is 1. The van der Waals surface area contributed by atoms with Crippen LogP contribution in [0.2, 0.25) is 0 Å². The van der Waals surface area contributed by atoms with Crippen molar-refractivity contribution in [2.75, 3.05) is 38.5 Å². The van der Waals surface area contributed by atoms with E-state index in [4.69, 9.17) is 4.74 Å². The molecule has 1 aliphatic heterocycles. The van der Waals surface area contributed by atoms with Crippen LogP contribution in [0.15, 0.2) is 32.1 Å². The van der Waals surface area contributed by atoms with Gasteiger partial charge in [-0.15, -0.1) is 11.3 Å². The van der Waals surface area contributed by atoms with E-state index in [1.807, 2.05) is 17.5 Å². The van der Waals surface area contributed by atoms with E-state index in [9.17, 15) is 19.2 Å². The number of hydrogen-bond donors (Lipinski definition) is 0. The molecule has 11 nitrogen and oxygen atoms in total. The van der Waals surface area contributed by atoms with Crippen LogP contribution in [-0.2, 0) is 23.6 Å². The molecule has 13 heteroatoms. The predicted molar refractivity (Wildman–Crippen MR) is 129 cm³/mol. The van der Waals surface area contributed by atoms with Crippen LogP contribution in [0.5, 0.6) is 0 Å². The number of nitrogens with zero attached hydrogens (tertiary/aromatic N) is 6. The summed E-state index contributed by atoms with van der Waals surface area (Å²) in [6.45, 7) is 3.66. The van der Waals surface area contributed by atoms with Crippen LogP contribution in [-0.4, -0.2) is 79.4 Å². The van der Waals surface area contributed by atoms with Crippen LogP contribution < -0.4 is 11.2 Å². The van der Waals surface area contributed by atoms with Crippen LogP contribution in [0, 0.1) is 0 Å². The molecule has 1 fully saturated rings. The Morgan fingerprint density at radius 3 is 2.44 bits per heavy atom. The van der Waals surface area contributed by atoms with E-state index >= 15 is 0 Å². The zero-order valence-electron chi connectivity index (χ0n) is 19.0. The minimum atomic E-state index is -0.506. The number of carbonyl (C=O) groups is 2. The fraction of sp³-hybridized carbons (Fsp3) is 0.429. The maximum Gasteiger partial charge on any atom is 0.409 e. The minimum Gasteiger partial charge on any atom is -0.450 e. The fourth-order valence-corrected chi connectivity index (χ4v) is 5.20. The molecule has 0 bridgehead atoms. The second kappa shape index (κ2) is 9.97. The summed E-state index contributed by atoms with van der Waals surface area (Å²) in [5.74, 6) is 0.324. The van der Waals surface area contributed by atoms with Crippen molar-refractivity contribution in [2.45, 2.75) is 11.9 Å². The minimum absolute atomic E-state index is 0.0569. The van der Waals surface area contributed by atoms with Crippen molar-refractivity contribution in [3.63, 3.8) is 0 Å². The molecule has 2 amide bonds. The van der Waals surface area contributed by atoms with Crippen LogP contribution >= 0.6 is 23.1 Å². The van der Waals surface area contributed by atoms with Gasteiger partial charge in [-0.3, -0.25) is 18.7 Å². The van der Waals surface area contributed by atoms with Gasteiger partial charge < -0.3 is 14.5 Å². The Kier molecular flexibility index (Phi) is 7.03. The molecule has 0 atom stereocenters. The van der Waals surface area contributed by atoms with Gasteiger partial charge in [0.05, 0.1) is 17.2 Å². The van der Waals surface area contributed by atoms with E-state index in [0.717, 1.165) is 21.2 Å². The van der Waals surface area contributed by atoms with Gasteiger partial charge in [-0.2, -0.15) is 0 Å². The standard InChI is InChI=1S/C21H24N6O5S2/c1-4-32-21(31)27-9-7-26(8-10-27)14(28)12-34-18-15-17(24(2)20(30)25(3)19(15)29)22-16(23-18)13-6-5-11-33-13/h5-6,11H,4,7-10,12H2,1-3H3. The van der Waals surface area contributed by atoms with Gasteiger partial charge in [0.2, 0.25) is 5.91 Å². The molecular formula is C21H24N6O5S2. The molecule has 1 saturated heterocycles. The largest absolute Gasteiger partial charge is 0.450 e. The van der Waals surface area contributed by atoms with E-state index in [0.29, 0.717) is 43.6 Å². The summed E-state index contributed by atoms with van der Waals surface area (Å²) >= 11 is 2.59. The first-order chi connectivity index (χ1) is 16.3. The lowest BCUT2D eigenvalue weighted by molar-refractivity contribution is -0.129. The summed E-state index contributed by atoms with van der Waals surface area (Å²) in [5.41, 5.74) is -0.766. The smallest absolute Gasteiger partial charge is 0.409 e. The highest BCUT2D eigenvalue weighted by molar-refractivity contribution is 8.00. The molecule has 0 unspecified atom stereocenters. The highest BCUT2D eigenvalue weighted by Gasteiger charge is 2.26. The number of rotatable bonds is 5. The number of hydrogen-bond acceptors (Lipinski definition) is 9. The topological polar surface area (TPSA) is 120 Å². The highest BCUT2D eigenvalue weighted by atomic mass is 32.2. The zero-order valence-corrected chi connectivity index (χ0v) is 20.6. The summed E-state index contributed by atoms with van der Waals surface area (Å²) in [4.78, 5) is 63.3. The second-order valence-electron chi connectivity index (χ2n) is 7.59. The Bertz CT molecular complexity index is 1340. The number of thiophene rings is 1. The molecular weight excluding hydrogens is 480 g/mol. The summed E-state index contributed by atoms with van der Waals surface area (Å²) < 4.78 is 7.34. The fourth-order valence-electron chi connectivity index (χ4n) is 3.62. The lowest BCUT2D eigenvalue weighted by Crippen LogP contribution is -2.51. The molecule has 0 spiro atoms. The zero-order chi connectivity index (χ0) is 24.4. The first-order valence-corrected chi connectivity index (χ1v) is 12.5. The van der Waals surface area contributed by atoms with Gasteiger partial charge in [0.15, 0.2) is 11.5 Å². The molecule has 34 heavy (non-hydrogen) atoms. The Morgan fingerprint density at radius 2 is 1.79 bits per heavy atom. The average Bonchev–Trinajstić information content (AvgIpc) is 3.39. The van der Waals surface area contributed by atoms with Crippen molar-refractivity contribution in [2.24, 2.45) is 14.1 Å². The third-order valence-electron chi connectivity index (χ3n) is 5.50. The normalized spacial score (nSPS) is 14.0. The van der Waals surface area contributed by atoms with Crippen LogP contribution in [0.25, 0.3) is 21.7 Å². The van der Waals surface area contributed by atoms with Crippen LogP contribution in [0.1, 0.15) is 6.92 Å². The number of ether oxygens (including phenoxy) is 1. The van der Waals surface area contributed by atoms with Gasteiger partial charge in [-0.05, 0) is 18.4 Å². The Hall–Kier alpha value is -3.19. The van der Waals surface area contributed by atoms with Crippen LogP contribution in [0.3, 0.4) is 0 Å². The molecule has 4 rings (SSSR count). The van der Waals surface area contributed by atoms with E-state index in [2.05, 4.69) is 9.97 Å². The molecule has 4 heterocycles. The lowest BCUT2D eigenvalue weighted by atomic mass is 10.3. The summed E-state index contributed by atoms with van der Waals surface area (Å²) in [6, 6.07) is 3.72. The SMILES string of the molecule is CCOC(=O)N1CCN(C(=O)CSc2nc(-c3cccs3)nc3c2c(=O)n(C)c(=O)n3C)CC1. The van der Waals surface area contributed by atoms with E-state index in [-0.39, 0.29) is 28.8 Å². The third kappa shape index (κ3) is 4.57. The average molecular weight is 505 g/mol. The number of amides is 2. The monoisotopic (exact) mass is 504 g/mol. The molecule has 3 aromatic rings. The van der Waals surface area contributed by atoms with E-state index in [1.54, 1.807) is 23.8 Å². The first kappa shape index (κ1) is 24.0. The van der Waals surface area contributed by atoms with Crippen molar-refractivity contribution in [1.82, 2.24) is 28.9 Å². The number of aromatic nitrogens is 4. The molecule has 0 N–H and O–H groups in total. The maximum absolute atomic E-state index is 12.9. The molecule has 0 radical (unpaired) electrons. The molecule has 180 valence electrons. The van der Waals surface area contributed by atoms with Gasteiger partial charge in [0.25, 0.3) is 5.56 Å². The number of carbonyl (C=O) groups excluding carboxylic acids is 2. The number of fused-ring (bicyclic) bond motifs is 1. The molecule has 1 aliphatic rings. The Morgan fingerprint density at radius 1 is 1.09 bits per heavy atom. The Labute approximate surface area is 203 Å². The van der Waals surface area contributed by atoms with Crippen molar-refractivity contribution in [3.8, 4) is 10.7 Å². The van der Waals surface area contributed by atoms with Crippen LogP contribution in [0.4, 0.5) is 4.79 Å². The highest BCUT2D eigenvalue weighted by Crippen LogP contribution is 2.28. The summed E-state index contributed by atoms with van der Waals surface area (Å²) in [6.07, 6.45) is -0.376. The molecule has 3 aromatic heterocycles. The maximum atomic E-state index is 12.9. The van der Waals surface area contributed by atoms with Gasteiger partial charge in [0, 0.05) is 40.3 Å². The van der Waals surface area contributed by atoms with Gasteiger partial charge in [-0.1, -0.05) is 17.8 Å². The summed E-state index contributed by atoms with van der Waals surface area (Å²) in [5, 5.41) is 2.44. The van der Waals surface area contributed by atoms with Crippen molar-refractivity contribution in [1.29, 1.82) is 0 Å². The number of aryl methyl sites for hydroxylation is 1. The predicted octanol–water partition coefficient (Wildman–Crippen LogP) is 1.15. The summed E-state index contributed by atoms with van der Waals surface area (Å²) in [7, 11) is 2.96.